The minimum atomic E-state index is -0.481. The summed E-state index contributed by atoms with van der Waals surface area (Å²) >= 11 is 1.54. The minimum Gasteiger partial charge on any atom is -0.467 e. The van der Waals surface area contributed by atoms with Gasteiger partial charge in [0.2, 0.25) is 0 Å². The highest BCUT2D eigenvalue weighted by Crippen LogP contribution is 2.23. The summed E-state index contributed by atoms with van der Waals surface area (Å²) in [7, 11) is 1.54. The van der Waals surface area contributed by atoms with Gasteiger partial charge in [-0.05, 0) is 36.4 Å². The maximum Gasteiger partial charge on any atom is 0.306 e. The van der Waals surface area contributed by atoms with Gasteiger partial charge in [0, 0.05) is 13.5 Å². The van der Waals surface area contributed by atoms with Crippen molar-refractivity contribution < 1.29 is 23.5 Å². The van der Waals surface area contributed by atoms with E-state index < -0.39 is 18.5 Å². The number of esters is 1. The van der Waals surface area contributed by atoms with Gasteiger partial charge in [0.15, 0.2) is 6.61 Å². The predicted octanol–water partition coefficient (Wildman–Crippen LogP) is 3.96. The highest BCUT2D eigenvalue weighted by Gasteiger charge is 2.20. The van der Waals surface area contributed by atoms with Crippen molar-refractivity contribution in [2.75, 3.05) is 18.6 Å². The molecule has 2 aromatic carbocycles. The van der Waals surface area contributed by atoms with Crippen LogP contribution in [0.5, 0.6) is 0 Å². The van der Waals surface area contributed by atoms with Gasteiger partial charge in [-0.25, -0.2) is 4.98 Å². The zero-order valence-corrected chi connectivity index (χ0v) is 19.3. The molecule has 8 nitrogen and oxygen atoms in total. The lowest BCUT2D eigenvalue weighted by molar-refractivity contribution is -0.147. The summed E-state index contributed by atoms with van der Waals surface area (Å²) in [6.07, 6.45) is 2.10. The summed E-state index contributed by atoms with van der Waals surface area (Å²) < 4.78 is 11.5. The number of furan rings is 1. The molecule has 2 amide bonds. The Hall–Kier alpha value is -3.98. The third-order valence-electron chi connectivity index (χ3n) is 5.13. The first kappa shape index (κ1) is 23.2. The molecule has 174 valence electrons. The number of aromatic nitrogens is 1. The Bertz CT molecular complexity index is 1270. The van der Waals surface area contributed by atoms with E-state index in [9.17, 15) is 14.4 Å². The number of carbonyl (C=O) groups excluding carboxylic acids is 3. The number of nitrogens with one attached hydrogen (secondary N) is 1. The van der Waals surface area contributed by atoms with Crippen molar-refractivity contribution in [2.24, 2.45) is 0 Å². The van der Waals surface area contributed by atoms with Crippen molar-refractivity contribution >= 4 is 45.0 Å². The first-order valence-corrected chi connectivity index (χ1v) is 11.5. The van der Waals surface area contributed by atoms with E-state index in [4.69, 9.17) is 9.15 Å². The SMILES string of the molecule is CN(C(=O)COC(=O)CCc1nc2ccccc2s1)c1ccccc1C(=O)NCc1ccco1. The van der Waals surface area contributed by atoms with Crippen LogP contribution in [0.1, 0.15) is 27.5 Å². The third kappa shape index (κ3) is 5.68. The molecular weight excluding hydrogens is 454 g/mol. The van der Waals surface area contributed by atoms with E-state index in [2.05, 4.69) is 10.3 Å². The molecule has 0 spiro atoms. The molecule has 2 heterocycles. The number of hydrogen-bond donors (Lipinski definition) is 1. The Kier molecular flexibility index (Phi) is 7.34. The van der Waals surface area contributed by atoms with E-state index in [0.29, 0.717) is 23.4 Å². The second kappa shape index (κ2) is 10.8. The lowest BCUT2D eigenvalue weighted by Crippen LogP contribution is -2.33. The monoisotopic (exact) mass is 477 g/mol. The van der Waals surface area contributed by atoms with E-state index in [-0.39, 0.29) is 18.9 Å². The first-order chi connectivity index (χ1) is 16.5. The number of anilines is 1. The molecule has 4 aromatic rings. The fourth-order valence-electron chi connectivity index (χ4n) is 3.32. The van der Waals surface area contributed by atoms with Crippen LogP contribution in [0.3, 0.4) is 0 Å². The number of benzene rings is 2. The van der Waals surface area contributed by atoms with Crippen LogP contribution in [0, 0.1) is 0 Å². The lowest BCUT2D eigenvalue weighted by atomic mass is 10.1. The number of rotatable bonds is 9. The first-order valence-electron chi connectivity index (χ1n) is 10.7. The second-order valence-corrected chi connectivity index (χ2v) is 8.58. The maximum absolute atomic E-state index is 12.7. The van der Waals surface area contributed by atoms with Crippen LogP contribution in [0.2, 0.25) is 0 Å². The van der Waals surface area contributed by atoms with E-state index in [1.807, 2.05) is 24.3 Å². The average Bonchev–Trinajstić information content (AvgIpc) is 3.53. The summed E-state index contributed by atoms with van der Waals surface area (Å²) in [6.45, 7) is -0.193. The van der Waals surface area contributed by atoms with Gasteiger partial charge in [-0.3, -0.25) is 14.4 Å². The minimum absolute atomic E-state index is 0.128. The number of amides is 2. The molecule has 2 aromatic heterocycles. The number of thiazole rings is 1. The molecule has 34 heavy (non-hydrogen) atoms. The largest absolute Gasteiger partial charge is 0.467 e. The van der Waals surface area contributed by atoms with E-state index in [1.54, 1.807) is 36.4 Å². The van der Waals surface area contributed by atoms with E-state index in [1.165, 1.54) is 29.5 Å². The second-order valence-electron chi connectivity index (χ2n) is 7.47. The van der Waals surface area contributed by atoms with E-state index >= 15 is 0 Å². The van der Waals surface area contributed by atoms with Gasteiger partial charge in [-0.2, -0.15) is 0 Å². The maximum atomic E-state index is 12.7. The van der Waals surface area contributed by atoms with Crippen molar-refractivity contribution in [1.29, 1.82) is 0 Å². The van der Waals surface area contributed by atoms with Gasteiger partial charge in [-0.15, -0.1) is 11.3 Å². The van der Waals surface area contributed by atoms with Gasteiger partial charge < -0.3 is 19.4 Å². The summed E-state index contributed by atoms with van der Waals surface area (Å²) in [5, 5.41) is 3.61. The van der Waals surface area contributed by atoms with Crippen LogP contribution < -0.4 is 10.2 Å². The van der Waals surface area contributed by atoms with Crippen LogP contribution >= 0.6 is 11.3 Å². The van der Waals surface area contributed by atoms with Gasteiger partial charge in [0.25, 0.3) is 11.8 Å². The fraction of sp³-hybridized carbons (Fsp3) is 0.200. The number of para-hydroxylation sites is 2. The topological polar surface area (TPSA) is 102 Å². The number of ether oxygens (including phenoxy) is 1. The fourth-order valence-corrected chi connectivity index (χ4v) is 4.28. The molecule has 0 aliphatic carbocycles. The lowest BCUT2D eigenvalue weighted by Gasteiger charge is -2.20. The molecule has 0 aliphatic rings. The van der Waals surface area contributed by atoms with Gasteiger partial charge >= 0.3 is 5.97 Å². The number of carbonyl (C=O) groups is 3. The highest BCUT2D eigenvalue weighted by molar-refractivity contribution is 7.18. The molecule has 1 N–H and O–H groups in total. The Labute approximate surface area is 200 Å². The predicted molar refractivity (Wildman–Crippen MR) is 129 cm³/mol. The number of fused-ring (bicyclic) bond motifs is 1. The van der Waals surface area contributed by atoms with Gasteiger partial charge in [0.1, 0.15) is 5.76 Å². The number of hydrogen-bond acceptors (Lipinski definition) is 7. The summed E-state index contributed by atoms with van der Waals surface area (Å²) in [6, 6.07) is 18.0. The standard InChI is InChI=1S/C25H23N3O5S/c1-28(20-10-4-2-8-18(20)25(31)26-15-17-7-6-14-32-17)23(29)16-33-24(30)13-12-22-27-19-9-3-5-11-21(19)34-22/h2-11,14H,12-13,15-16H2,1H3,(H,26,31). The molecule has 0 aliphatic heterocycles. The smallest absolute Gasteiger partial charge is 0.306 e. The summed E-state index contributed by atoms with van der Waals surface area (Å²) in [4.78, 5) is 43.3. The summed E-state index contributed by atoms with van der Waals surface area (Å²) in [5.74, 6) is -0.655. The molecule has 9 heteroatoms. The summed E-state index contributed by atoms with van der Waals surface area (Å²) in [5.41, 5.74) is 1.64. The van der Waals surface area contributed by atoms with Crippen molar-refractivity contribution in [3.05, 3.63) is 83.3 Å². The quantitative estimate of drug-likeness (QED) is 0.366. The Morgan fingerprint density at radius 1 is 1.06 bits per heavy atom. The van der Waals surface area contributed by atoms with Crippen LogP contribution in [0.25, 0.3) is 10.2 Å². The van der Waals surface area contributed by atoms with Crippen molar-refractivity contribution in [3.63, 3.8) is 0 Å². The third-order valence-corrected chi connectivity index (χ3v) is 6.22. The van der Waals surface area contributed by atoms with Crippen molar-refractivity contribution in [3.8, 4) is 0 Å². The van der Waals surface area contributed by atoms with E-state index in [0.717, 1.165) is 15.2 Å². The molecule has 0 atom stereocenters. The van der Waals surface area contributed by atoms with Crippen LogP contribution in [0.15, 0.2) is 71.3 Å². The molecule has 0 radical (unpaired) electrons. The number of nitrogens with zero attached hydrogens (tertiary/aromatic N) is 2. The van der Waals surface area contributed by atoms with Crippen LogP contribution in [0.4, 0.5) is 5.69 Å². The zero-order chi connectivity index (χ0) is 23.9. The molecule has 4 rings (SSSR count). The number of aryl methyl sites for hydroxylation is 1. The van der Waals surface area contributed by atoms with Crippen molar-refractivity contribution in [2.45, 2.75) is 19.4 Å². The average molecular weight is 478 g/mol. The molecule has 0 unspecified atom stereocenters. The normalized spacial score (nSPS) is 10.7. The molecule has 0 fully saturated rings. The van der Waals surface area contributed by atoms with Crippen LogP contribution in [-0.2, 0) is 27.3 Å². The Morgan fingerprint density at radius 3 is 2.65 bits per heavy atom. The molecule has 0 bridgehead atoms. The van der Waals surface area contributed by atoms with Crippen LogP contribution in [-0.4, -0.2) is 36.4 Å². The van der Waals surface area contributed by atoms with Crippen molar-refractivity contribution in [1.82, 2.24) is 10.3 Å². The van der Waals surface area contributed by atoms with Gasteiger partial charge in [-0.1, -0.05) is 24.3 Å². The van der Waals surface area contributed by atoms with Gasteiger partial charge in [0.05, 0.1) is 45.7 Å². The Morgan fingerprint density at radius 2 is 1.85 bits per heavy atom. The number of likely N-dealkylation sites (N-methyl/N-ethyl adjacent to an activating group) is 1. The zero-order valence-electron chi connectivity index (χ0n) is 18.5. The Balaban J connectivity index is 1.29. The molecule has 0 saturated heterocycles. The molecular formula is C25H23N3O5S. The molecule has 0 saturated carbocycles. The highest BCUT2D eigenvalue weighted by atomic mass is 32.1.